The lowest BCUT2D eigenvalue weighted by molar-refractivity contribution is -0.486. The Morgan fingerprint density at radius 1 is 1.22 bits per heavy atom. The van der Waals surface area contributed by atoms with Crippen LogP contribution in [0.1, 0.15) is 27.7 Å². The molecule has 0 heterocycles. The van der Waals surface area contributed by atoms with Crippen molar-refractivity contribution in [3.63, 3.8) is 0 Å². The van der Waals surface area contributed by atoms with Gasteiger partial charge in [0.05, 0.1) is 6.04 Å². The molecule has 0 aliphatic rings. The molecule has 0 unspecified atom stereocenters. The third-order valence-corrected chi connectivity index (χ3v) is 0.676. The van der Waals surface area contributed by atoms with Crippen molar-refractivity contribution in [2.24, 2.45) is 4.99 Å². The quantitative estimate of drug-likeness (QED) is 0.508. The minimum absolute atomic E-state index is 0.344. The summed E-state index contributed by atoms with van der Waals surface area (Å²) in [6, 6.07) is 3.54. The first-order valence-corrected chi connectivity index (χ1v) is 3.33. The van der Waals surface area contributed by atoms with Gasteiger partial charge in [0.2, 0.25) is 0 Å². The van der Waals surface area contributed by atoms with Crippen molar-refractivity contribution in [3.05, 3.63) is 0 Å². The number of nitrogens with zero attached hydrogens (tertiary/aromatic N) is 1. The smallest absolute Gasteiger partial charge is 0.231 e. The van der Waals surface area contributed by atoms with Gasteiger partial charge in [0.1, 0.15) is 6.04 Å². The highest BCUT2D eigenvalue weighted by atomic mass is 14.8. The molecular formula is C7H15N2+. The van der Waals surface area contributed by atoms with Crippen LogP contribution in [0.2, 0.25) is 0 Å². The van der Waals surface area contributed by atoms with Crippen molar-refractivity contribution in [1.82, 2.24) is 0 Å². The molecule has 0 saturated heterocycles. The molecule has 0 aliphatic heterocycles. The lowest BCUT2D eigenvalue weighted by atomic mass is 10.4. The van der Waals surface area contributed by atoms with Gasteiger partial charge in [-0.3, -0.25) is 0 Å². The van der Waals surface area contributed by atoms with E-state index >= 15 is 0 Å². The van der Waals surface area contributed by atoms with Gasteiger partial charge in [0.15, 0.2) is 0 Å². The number of hydrogen-bond acceptors (Lipinski definition) is 1. The standard InChI is InChI=1S/C7H14N2/c1-6(2)8-5-9-7(3)4/h6-7H,1-4H3/p+1. The van der Waals surface area contributed by atoms with Crippen molar-refractivity contribution in [2.45, 2.75) is 39.8 Å². The van der Waals surface area contributed by atoms with E-state index in [0.717, 1.165) is 0 Å². The van der Waals surface area contributed by atoms with Crippen LogP contribution in [0, 0.1) is 0 Å². The third-order valence-electron chi connectivity index (χ3n) is 0.676. The summed E-state index contributed by atoms with van der Waals surface area (Å²) >= 11 is 0. The van der Waals surface area contributed by atoms with Crippen molar-refractivity contribution in [1.29, 1.82) is 0 Å². The molecule has 0 radical (unpaired) electrons. The number of aliphatic imine (C=N–C) groups is 1. The highest BCUT2D eigenvalue weighted by molar-refractivity contribution is 5.32. The summed E-state index contributed by atoms with van der Waals surface area (Å²) in [6.45, 7) is 8.16. The second-order valence-corrected chi connectivity index (χ2v) is 2.63. The zero-order valence-electron chi connectivity index (χ0n) is 6.60. The molecule has 0 aromatic rings. The molecule has 0 aromatic heterocycles. The molecule has 0 spiro atoms. The number of rotatable bonds is 2. The van der Waals surface area contributed by atoms with Crippen molar-refractivity contribution in [2.75, 3.05) is 0 Å². The largest absolute Gasteiger partial charge is 0.304 e. The molecule has 0 rings (SSSR count). The predicted molar refractivity (Wildman–Crippen MR) is 38.7 cm³/mol. The molecule has 0 aliphatic carbocycles. The summed E-state index contributed by atoms with van der Waals surface area (Å²) in [5, 5.41) is 0. The van der Waals surface area contributed by atoms with Crippen LogP contribution in [0.3, 0.4) is 0 Å². The average Bonchev–Trinajstić information content (AvgIpc) is 1.63. The highest BCUT2D eigenvalue weighted by Gasteiger charge is 1.90. The Balaban J connectivity index is 3.67. The maximum Gasteiger partial charge on any atom is 0.304 e. The first-order chi connectivity index (χ1) is 4.13. The van der Waals surface area contributed by atoms with Gasteiger partial charge in [-0.2, -0.15) is 0 Å². The van der Waals surface area contributed by atoms with E-state index in [1.165, 1.54) is 0 Å². The maximum absolute atomic E-state index is 4.00. The minimum atomic E-state index is 0.344. The molecule has 0 atom stereocenters. The molecule has 0 fully saturated rings. The zero-order valence-corrected chi connectivity index (χ0v) is 6.60. The lowest BCUT2D eigenvalue weighted by Crippen LogP contribution is -2.72. The fraction of sp³-hybridized carbons (Fsp3) is 0.857. The first-order valence-electron chi connectivity index (χ1n) is 3.33. The first kappa shape index (κ1) is 8.38. The van der Waals surface area contributed by atoms with Crippen LogP contribution >= 0.6 is 0 Å². The fourth-order valence-corrected chi connectivity index (χ4v) is 0.295. The fourth-order valence-electron chi connectivity index (χ4n) is 0.295. The Morgan fingerprint density at radius 3 is 2.11 bits per heavy atom. The Labute approximate surface area is 56.7 Å². The maximum atomic E-state index is 4.00. The van der Waals surface area contributed by atoms with E-state index in [0.29, 0.717) is 12.1 Å². The molecule has 0 bridgehead atoms. The molecule has 0 saturated carbocycles. The molecule has 9 heavy (non-hydrogen) atoms. The van der Waals surface area contributed by atoms with E-state index in [4.69, 9.17) is 0 Å². The van der Waals surface area contributed by atoms with Crippen LogP contribution in [-0.2, 0) is 0 Å². The molecular weight excluding hydrogens is 112 g/mol. The second kappa shape index (κ2) is 4.28. The summed E-state index contributed by atoms with van der Waals surface area (Å²) in [7, 11) is 0. The molecule has 2 heteroatoms. The van der Waals surface area contributed by atoms with Crippen LogP contribution in [-0.4, -0.2) is 18.1 Å². The summed E-state index contributed by atoms with van der Waals surface area (Å²) in [5.41, 5.74) is 0. The van der Waals surface area contributed by atoms with Crippen LogP contribution in [0.5, 0.6) is 0 Å². The second-order valence-electron chi connectivity index (χ2n) is 2.63. The van der Waals surface area contributed by atoms with Crippen molar-refractivity contribution in [3.8, 4) is 0 Å². The normalized spacial score (nSPS) is 9.56. The SMILES string of the molecule is CC(C)N=C=[NH+]C(C)C. The Kier molecular flexibility index (Phi) is 3.98. The third kappa shape index (κ3) is 7.38. The van der Waals surface area contributed by atoms with Gasteiger partial charge in [-0.15, -0.1) is 0 Å². The molecule has 2 nitrogen and oxygen atoms in total. The van der Waals surface area contributed by atoms with Gasteiger partial charge in [0, 0.05) is 0 Å². The van der Waals surface area contributed by atoms with Crippen LogP contribution in [0.15, 0.2) is 4.99 Å². The highest BCUT2D eigenvalue weighted by Crippen LogP contribution is 1.78. The summed E-state index contributed by atoms with van der Waals surface area (Å²) in [4.78, 5) is 6.96. The van der Waals surface area contributed by atoms with Crippen molar-refractivity contribution < 1.29 is 4.99 Å². The topological polar surface area (TPSA) is 26.3 Å². The molecule has 0 amide bonds. The molecule has 0 aromatic carbocycles. The summed E-state index contributed by atoms with van der Waals surface area (Å²) < 4.78 is 0. The Morgan fingerprint density at radius 2 is 1.78 bits per heavy atom. The molecule has 1 N–H and O–H groups in total. The number of nitrogens with one attached hydrogen (secondary N) is 1. The van der Waals surface area contributed by atoms with E-state index in [9.17, 15) is 0 Å². The van der Waals surface area contributed by atoms with E-state index in [1.54, 1.807) is 0 Å². The van der Waals surface area contributed by atoms with E-state index in [-0.39, 0.29) is 0 Å². The summed E-state index contributed by atoms with van der Waals surface area (Å²) in [6.07, 6.45) is 0. The van der Waals surface area contributed by atoms with Gasteiger partial charge < -0.3 is 0 Å². The minimum Gasteiger partial charge on any atom is -0.231 e. The van der Waals surface area contributed by atoms with Gasteiger partial charge >= 0.3 is 6.01 Å². The summed E-state index contributed by atoms with van der Waals surface area (Å²) in [5.74, 6) is 0. The van der Waals surface area contributed by atoms with Crippen LogP contribution < -0.4 is 4.99 Å². The van der Waals surface area contributed by atoms with E-state index < -0.39 is 0 Å². The van der Waals surface area contributed by atoms with Crippen LogP contribution in [0.4, 0.5) is 0 Å². The Hall–Kier alpha value is -0.620. The van der Waals surface area contributed by atoms with Gasteiger partial charge in [-0.25, -0.2) is 4.99 Å². The van der Waals surface area contributed by atoms with E-state index in [1.807, 2.05) is 13.8 Å². The van der Waals surface area contributed by atoms with Gasteiger partial charge in [0.25, 0.3) is 0 Å². The Bertz CT molecular complexity index is 107. The number of hydrogen-bond donors (Lipinski definition) is 1. The van der Waals surface area contributed by atoms with E-state index in [2.05, 4.69) is 29.8 Å². The van der Waals surface area contributed by atoms with Crippen LogP contribution in [0.25, 0.3) is 0 Å². The predicted octanol–water partition coefficient (Wildman–Crippen LogP) is 0.0577. The van der Waals surface area contributed by atoms with Gasteiger partial charge in [-0.05, 0) is 32.7 Å². The lowest BCUT2D eigenvalue weighted by Gasteiger charge is -1.83. The monoisotopic (exact) mass is 127 g/mol. The van der Waals surface area contributed by atoms with Crippen molar-refractivity contribution >= 4 is 6.01 Å². The zero-order chi connectivity index (χ0) is 7.28. The molecule has 52 valence electrons. The average molecular weight is 127 g/mol. The van der Waals surface area contributed by atoms with Gasteiger partial charge in [-0.1, -0.05) is 0 Å².